The third-order valence-electron chi connectivity index (χ3n) is 3.19. The number of rotatable bonds is 6. The summed E-state index contributed by atoms with van der Waals surface area (Å²) < 4.78 is 0. The van der Waals surface area contributed by atoms with Crippen molar-refractivity contribution in [2.24, 2.45) is 0 Å². The molecule has 3 rings (SSSR count). The molecule has 1 nitrogen and oxygen atoms in total. The van der Waals surface area contributed by atoms with E-state index < -0.39 is 0 Å². The Morgan fingerprint density at radius 3 is 2.55 bits per heavy atom. The van der Waals surface area contributed by atoms with Crippen LogP contribution in [0, 0.1) is 0 Å². The topological polar surface area (TPSA) is 12.0 Å². The predicted octanol–water partition coefficient (Wildman–Crippen LogP) is 4.81. The van der Waals surface area contributed by atoms with Gasteiger partial charge in [-0.3, -0.25) is 0 Å². The molecular weight excluding hydrogens is 282 g/mol. The van der Waals surface area contributed by atoms with E-state index in [1.165, 1.54) is 20.9 Å². The summed E-state index contributed by atoms with van der Waals surface area (Å²) in [5, 5.41) is 7.90. The monoisotopic (exact) mass is 299 g/mol. The van der Waals surface area contributed by atoms with Gasteiger partial charge in [-0.15, -0.1) is 22.7 Å². The zero-order chi connectivity index (χ0) is 13.6. The van der Waals surface area contributed by atoms with Gasteiger partial charge in [-0.25, -0.2) is 0 Å². The Morgan fingerprint density at radius 1 is 0.850 bits per heavy atom. The first-order chi connectivity index (χ1) is 9.92. The summed E-state index contributed by atoms with van der Waals surface area (Å²) in [6.45, 7) is 2.00. The lowest BCUT2D eigenvalue weighted by molar-refractivity contribution is 0.697. The standard InChI is InChI=1S/C17H17NS2/c1-2-5-14(6-3-1)15-11-17(20-13-15)12-18-9-8-16-7-4-10-19-16/h1-7,10-11,13,18H,8-9,12H2. The van der Waals surface area contributed by atoms with Gasteiger partial charge in [0.05, 0.1) is 0 Å². The van der Waals surface area contributed by atoms with Gasteiger partial charge in [0.2, 0.25) is 0 Å². The minimum absolute atomic E-state index is 0.961. The maximum Gasteiger partial charge on any atom is 0.0300 e. The molecule has 1 aromatic carbocycles. The molecule has 2 aromatic heterocycles. The van der Waals surface area contributed by atoms with Crippen molar-refractivity contribution in [1.29, 1.82) is 0 Å². The maximum absolute atomic E-state index is 3.52. The Bertz CT molecular complexity index is 626. The van der Waals surface area contributed by atoms with Gasteiger partial charge in [-0.2, -0.15) is 0 Å². The third-order valence-corrected chi connectivity index (χ3v) is 5.06. The predicted molar refractivity (Wildman–Crippen MR) is 89.5 cm³/mol. The van der Waals surface area contributed by atoms with Gasteiger partial charge >= 0.3 is 0 Å². The third kappa shape index (κ3) is 3.57. The van der Waals surface area contributed by atoms with Crippen LogP contribution in [0.15, 0.2) is 59.3 Å². The van der Waals surface area contributed by atoms with Gasteiger partial charge in [0.15, 0.2) is 0 Å². The molecule has 0 aliphatic carbocycles. The zero-order valence-corrected chi connectivity index (χ0v) is 12.8. The molecule has 2 heterocycles. The van der Waals surface area contributed by atoms with Gasteiger partial charge < -0.3 is 5.32 Å². The van der Waals surface area contributed by atoms with E-state index in [2.05, 4.69) is 64.6 Å². The van der Waals surface area contributed by atoms with Crippen molar-refractivity contribution >= 4 is 22.7 Å². The Morgan fingerprint density at radius 2 is 1.75 bits per heavy atom. The van der Waals surface area contributed by atoms with E-state index in [0.717, 1.165) is 19.5 Å². The van der Waals surface area contributed by atoms with E-state index in [4.69, 9.17) is 0 Å². The molecule has 0 aliphatic heterocycles. The number of thiophene rings is 2. The highest BCUT2D eigenvalue weighted by molar-refractivity contribution is 7.10. The van der Waals surface area contributed by atoms with Crippen LogP contribution in [0.5, 0.6) is 0 Å². The van der Waals surface area contributed by atoms with Crippen LogP contribution in [-0.2, 0) is 13.0 Å². The lowest BCUT2D eigenvalue weighted by atomic mass is 10.1. The second kappa shape index (κ2) is 6.84. The molecule has 0 saturated carbocycles. The molecular formula is C17H17NS2. The van der Waals surface area contributed by atoms with Crippen LogP contribution in [-0.4, -0.2) is 6.54 Å². The molecule has 0 unspecified atom stereocenters. The second-order valence-corrected chi connectivity index (χ2v) is 6.70. The van der Waals surface area contributed by atoms with Crippen LogP contribution in [0.25, 0.3) is 11.1 Å². The number of benzene rings is 1. The molecule has 20 heavy (non-hydrogen) atoms. The maximum atomic E-state index is 3.52. The van der Waals surface area contributed by atoms with E-state index >= 15 is 0 Å². The Labute approximate surface area is 127 Å². The smallest absolute Gasteiger partial charge is 0.0300 e. The van der Waals surface area contributed by atoms with Crippen LogP contribution >= 0.6 is 22.7 Å². The van der Waals surface area contributed by atoms with Crippen LogP contribution < -0.4 is 5.32 Å². The van der Waals surface area contributed by atoms with Gasteiger partial charge in [0.1, 0.15) is 0 Å². The Hall–Kier alpha value is -1.42. The Balaban J connectivity index is 1.50. The molecule has 3 heteroatoms. The van der Waals surface area contributed by atoms with Gasteiger partial charge in [0, 0.05) is 22.8 Å². The molecule has 0 spiro atoms. The fourth-order valence-corrected chi connectivity index (χ4v) is 3.71. The van der Waals surface area contributed by atoms with E-state index in [9.17, 15) is 0 Å². The molecule has 0 amide bonds. The molecule has 0 saturated heterocycles. The van der Waals surface area contributed by atoms with Gasteiger partial charge in [-0.1, -0.05) is 36.4 Å². The second-order valence-electron chi connectivity index (χ2n) is 4.67. The van der Waals surface area contributed by atoms with Crippen molar-refractivity contribution in [2.45, 2.75) is 13.0 Å². The van der Waals surface area contributed by atoms with Crippen LogP contribution in [0.1, 0.15) is 9.75 Å². The first-order valence-corrected chi connectivity index (χ1v) is 8.54. The number of hydrogen-bond acceptors (Lipinski definition) is 3. The summed E-state index contributed by atoms with van der Waals surface area (Å²) in [6.07, 6.45) is 1.12. The summed E-state index contributed by atoms with van der Waals surface area (Å²) in [6, 6.07) is 17.2. The van der Waals surface area contributed by atoms with Crippen LogP contribution in [0.4, 0.5) is 0 Å². The highest BCUT2D eigenvalue weighted by Gasteiger charge is 2.02. The Kier molecular flexibility index (Phi) is 4.64. The number of hydrogen-bond donors (Lipinski definition) is 1. The molecule has 0 atom stereocenters. The van der Waals surface area contributed by atoms with E-state index in [1.54, 1.807) is 0 Å². The fourth-order valence-electron chi connectivity index (χ4n) is 2.13. The average molecular weight is 299 g/mol. The molecule has 1 N–H and O–H groups in total. The summed E-state index contributed by atoms with van der Waals surface area (Å²) in [5.41, 5.74) is 2.62. The fraction of sp³-hybridized carbons (Fsp3) is 0.176. The summed E-state index contributed by atoms with van der Waals surface area (Å²) in [4.78, 5) is 2.85. The van der Waals surface area contributed by atoms with Crippen LogP contribution in [0.3, 0.4) is 0 Å². The van der Waals surface area contributed by atoms with Crippen molar-refractivity contribution in [2.75, 3.05) is 6.54 Å². The quantitative estimate of drug-likeness (QED) is 0.644. The average Bonchev–Trinajstić information content (AvgIpc) is 3.16. The molecule has 0 aliphatic rings. The van der Waals surface area contributed by atoms with Crippen molar-refractivity contribution in [3.8, 4) is 11.1 Å². The van der Waals surface area contributed by atoms with Gasteiger partial charge in [0.25, 0.3) is 0 Å². The number of nitrogens with one attached hydrogen (secondary N) is 1. The van der Waals surface area contributed by atoms with E-state index in [1.807, 2.05) is 22.7 Å². The zero-order valence-electron chi connectivity index (χ0n) is 11.2. The minimum atomic E-state index is 0.961. The van der Waals surface area contributed by atoms with Crippen molar-refractivity contribution < 1.29 is 0 Å². The molecule has 3 aromatic rings. The molecule has 0 radical (unpaired) electrons. The first kappa shape index (κ1) is 13.6. The normalized spacial score (nSPS) is 10.8. The molecule has 102 valence electrons. The summed E-state index contributed by atoms with van der Waals surface area (Å²) >= 11 is 3.67. The first-order valence-electron chi connectivity index (χ1n) is 6.78. The highest BCUT2D eigenvalue weighted by Crippen LogP contribution is 2.25. The highest BCUT2D eigenvalue weighted by atomic mass is 32.1. The lowest BCUT2D eigenvalue weighted by Crippen LogP contribution is -2.15. The van der Waals surface area contributed by atoms with Crippen molar-refractivity contribution in [3.63, 3.8) is 0 Å². The van der Waals surface area contributed by atoms with Crippen molar-refractivity contribution in [1.82, 2.24) is 5.32 Å². The SMILES string of the molecule is c1ccc(-c2csc(CNCCc3cccs3)c2)cc1. The van der Waals surface area contributed by atoms with Crippen LogP contribution in [0.2, 0.25) is 0 Å². The molecule has 0 fully saturated rings. The molecule has 0 bridgehead atoms. The summed E-state index contributed by atoms with van der Waals surface area (Å²) in [5.74, 6) is 0. The lowest BCUT2D eigenvalue weighted by Gasteiger charge is -2.01. The largest absolute Gasteiger partial charge is 0.311 e. The van der Waals surface area contributed by atoms with E-state index in [-0.39, 0.29) is 0 Å². The summed E-state index contributed by atoms with van der Waals surface area (Å²) in [7, 11) is 0. The van der Waals surface area contributed by atoms with Gasteiger partial charge in [-0.05, 0) is 40.4 Å². The minimum Gasteiger partial charge on any atom is -0.311 e. The van der Waals surface area contributed by atoms with Crippen molar-refractivity contribution in [3.05, 3.63) is 69.0 Å². The van der Waals surface area contributed by atoms with E-state index in [0.29, 0.717) is 0 Å².